The Morgan fingerprint density at radius 3 is 2.61 bits per heavy atom. The van der Waals surface area contributed by atoms with Gasteiger partial charge in [-0.1, -0.05) is 30.3 Å². The van der Waals surface area contributed by atoms with Crippen molar-refractivity contribution in [2.75, 3.05) is 6.61 Å². The minimum atomic E-state index is 0.516. The third-order valence-corrected chi connectivity index (χ3v) is 2.56. The number of aromatic nitrogens is 1. The Balaban J connectivity index is 2.03. The van der Waals surface area contributed by atoms with E-state index < -0.39 is 0 Å². The second-order valence-corrected chi connectivity index (χ2v) is 4.00. The number of aryl methyl sites for hydroxylation is 1. The van der Waals surface area contributed by atoms with Gasteiger partial charge in [-0.25, -0.2) is 4.98 Å². The number of benzene rings is 1. The second kappa shape index (κ2) is 6.05. The van der Waals surface area contributed by atoms with Gasteiger partial charge in [0.25, 0.3) is 0 Å². The highest BCUT2D eigenvalue weighted by Gasteiger charge is 2.03. The van der Waals surface area contributed by atoms with Crippen LogP contribution in [0.2, 0.25) is 0 Å². The lowest BCUT2D eigenvalue weighted by Gasteiger charge is -2.09. The summed E-state index contributed by atoms with van der Waals surface area (Å²) in [5.41, 5.74) is 2.14. The van der Waals surface area contributed by atoms with Crippen molar-refractivity contribution < 1.29 is 9.47 Å². The first-order chi connectivity index (χ1) is 8.79. The fourth-order valence-corrected chi connectivity index (χ4v) is 1.61. The minimum absolute atomic E-state index is 0.516. The standard InChI is InChI=1S/C15H17NO2/c1-3-17-14-9-15(16-10-12(14)2)18-11-13-7-5-4-6-8-13/h4-10H,3,11H2,1-2H3. The largest absolute Gasteiger partial charge is 0.493 e. The van der Waals surface area contributed by atoms with E-state index in [1.165, 1.54) is 0 Å². The first kappa shape index (κ1) is 12.4. The molecule has 94 valence electrons. The maximum absolute atomic E-state index is 5.64. The fraction of sp³-hybridized carbons (Fsp3) is 0.267. The summed E-state index contributed by atoms with van der Waals surface area (Å²) in [6, 6.07) is 11.9. The minimum Gasteiger partial charge on any atom is -0.493 e. The number of nitrogens with zero attached hydrogens (tertiary/aromatic N) is 1. The van der Waals surface area contributed by atoms with Crippen LogP contribution in [-0.2, 0) is 6.61 Å². The van der Waals surface area contributed by atoms with Crippen LogP contribution < -0.4 is 9.47 Å². The van der Waals surface area contributed by atoms with Crippen molar-refractivity contribution >= 4 is 0 Å². The van der Waals surface area contributed by atoms with Gasteiger partial charge in [0.05, 0.1) is 6.61 Å². The lowest BCUT2D eigenvalue weighted by atomic mass is 10.2. The molecule has 3 heteroatoms. The van der Waals surface area contributed by atoms with E-state index in [0.717, 1.165) is 16.9 Å². The zero-order valence-corrected chi connectivity index (χ0v) is 10.7. The Hall–Kier alpha value is -2.03. The SMILES string of the molecule is CCOc1cc(OCc2ccccc2)ncc1C. The Morgan fingerprint density at radius 1 is 1.11 bits per heavy atom. The molecule has 0 atom stereocenters. The van der Waals surface area contributed by atoms with Gasteiger partial charge in [-0.3, -0.25) is 0 Å². The van der Waals surface area contributed by atoms with Gasteiger partial charge in [-0.15, -0.1) is 0 Å². The molecule has 3 nitrogen and oxygen atoms in total. The summed E-state index contributed by atoms with van der Waals surface area (Å²) in [6.07, 6.45) is 1.77. The molecule has 18 heavy (non-hydrogen) atoms. The Bertz CT molecular complexity index is 497. The van der Waals surface area contributed by atoms with E-state index in [9.17, 15) is 0 Å². The zero-order valence-electron chi connectivity index (χ0n) is 10.7. The van der Waals surface area contributed by atoms with Crippen molar-refractivity contribution in [3.8, 4) is 11.6 Å². The van der Waals surface area contributed by atoms with Crippen LogP contribution in [-0.4, -0.2) is 11.6 Å². The average Bonchev–Trinajstić information content (AvgIpc) is 2.41. The smallest absolute Gasteiger partial charge is 0.217 e. The molecule has 1 heterocycles. The molecular weight excluding hydrogens is 226 g/mol. The molecule has 0 radical (unpaired) electrons. The van der Waals surface area contributed by atoms with Gasteiger partial charge in [0.1, 0.15) is 12.4 Å². The summed E-state index contributed by atoms with van der Waals surface area (Å²) in [5, 5.41) is 0. The molecule has 0 aliphatic carbocycles. The van der Waals surface area contributed by atoms with Crippen LogP contribution in [0.3, 0.4) is 0 Å². The number of rotatable bonds is 5. The zero-order chi connectivity index (χ0) is 12.8. The molecule has 0 aliphatic rings. The number of hydrogen-bond acceptors (Lipinski definition) is 3. The van der Waals surface area contributed by atoms with E-state index in [-0.39, 0.29) is 0 Å². The van der Waals surface area contributed by atoms with E-state index in [1.807, 2.05) is 50.2 Å². The van der Waals surface area contributed by atoms with Crippen LogP contribution in [0.1, 0.15) is 18.1 Å². The predicted molar refractivity (Wildman–Crippen MR) is 70.9 cm³/mol. The van der Waals surface area contributed by atoms with Gasteiger partial charge in [-0.2, -0.15) is 0 Å². The van der Waals surface area contributed by atoms with Gasteiger partial charge in [-0.05, 0) is 19.4 Å². The summed E-state index contributed by atoms with van der Waals surface area (Å²) >= 11 is 0. The van der Waals surface area contributed by atoms with Gasteiger partial charge in [0.2, 0.25) is 5.88 Å². The second-order valence-electron chi connectivity index (χ2n) is 4.00. The molecule has 0 saturated carbocycles. The van der Waals surface area contributed by atoms with Crippen molar-refractivity contribution in [2.24, 2.45) is 0 Å². The lowest BCUT2D eigenvalue weighted by molar-refractivity contribution is 0.287. The van der Waals surface area contributed by atoms with Crippen molar-refractivity contribution in [3.63, 3.8) is 0 Å². The predicted octanol–water partition coefficient (Wildman–Crippen LogP) is 3.37. The van der Waals surface area contributed by atoms with Crippen LogP contribution >= 0.6 is 0 Å². The molecule has 0 saturated heterocycles. The van der Waals surface area contributed by atoms with Crippen LogP contribution in [0.5, 0.6) is 11.6 Å². The summed E-state index contributed by atoms with van der Waals surface area (Å²) in [7, 11) is 0. The topological polar surface area (TPSA) is 31.4 Å². The monoisotopic (exact) mass is 243 g/mol. The number of ether oxygens (including phenoxy) is 2. The van der Waals surface area contributed by atoms with Crippen molar-refractivity contribution in [1.29, 1.82) is 0 Å². The average molecular weight is 243 g/mol. The number of hydrogen-bond donors (Lipinski definition) is 0. The van der Waals surface area contributed by atoms with E-state index in [1.54, 1.807) is 6.20 Å². The highest BCUT2D eigenvalue weighted by Crippen LogP contribution is 2.22. The normalized spacial score (nSPS) is 10.1. The van der Waals surface area contributed by atoms with E-state index in [2.05, 4.69) is 4.98 Å². The number of pyridine rings is 1. The maximum atomic E-state index is 5.64. The third-order valence-electron chi connectivity index (χ3n) is 2.56. The van der Waals surface area contributed by atoms with Crippen molar-refractivity contribution in [2.45, 2.75) is 20.5 Å². The van der Waals surface area contributed by atoms with Crippen molar-refractivity contribution in [3.05, 3.63) is 53.7 Å². The molecule has 0 fully saturated rings. The third kappa shape index (κ3) is 3.23. The van der Waals surface area contributed by atoms with Gasteiger partial charge in [0.15, 0.2) is 0 Å². The summed E-state index contributed by atoms with van der Waals surface area (Å²) in [4.78, 5) is 4.23. The highest BCUT2D eigenvalue weighted by molar-refractivity contribution is 5.34. The van der Waals surface area contributed by atoms with Crippen LogP contribution in [0.15, 0.2) is 42.6 Å². The van der Waals surface area contributed by atoms with Crippen molar-refractivity contribution in [1.82, 2.24) is 4.98 Å². The van der Waals surface area contributed by atoms with E-state index in [0.29, 0.717) is 19.1 Å². The molecule has 1 aromatic heterocycles. The lowest BCUT2D eigenvalue weighted by Crippen LogP contribution is -1.99. The molecule has 2 aromatic rings. The summed E-state index contributed by atoms with van der Waals surface area (Å²) < 4.78 is 11.2. The van der Waals surface area contributed by atoms with Crippen LogP contribution in [0.4, 0.5) is 0 Å². The fourth-order valence-electron chi connectivity index (χ4n) is 1.61. The maximum Gasteiger partial charge on any atom is 0.217 e. The Labute approximate surface area is 107 Å². The molecule has 0 amide bonds. The van der Waals surface area contributed by atoms with E-state index >= 15 is 0 Å². The van der Waals surface area contributed by atoms with Gasteiger partial charge < -0.3 is 9.47 Å². The molecule has 0 aliphatic heterocycles. The van der Waals surface area contributed by atoms with E-state index in [4.69, 9.17) is 9.47 Å². The quantitative estimate of drug-likeness (QED) is 0.806. The van der Waals surface area contributed by atoms with Crippen LogP contribution in [0.25, 0.3) is 0 Å². The Kier molecular flexibility index (Phi) is 4.18. The molecular formula is C15H17NO2. The molecule has 0 bridgehead atoms. The summed E-state index contributed by atoms with van der Waals surface area (Å²) in [5.74, 6) is 1.42. The molecule has 0 spiro atoms. The molecule has 2 rings (SSSR count). The summed E-state index contributed by atoms with van der Waals surface area (Å²) in [6.45, 7) is 5.09. The first-order valence-electron chi connectivity index (χ1n) is 6.05. The Morgan fingerprint density at radius 2 is 1.89 bits per heavy atom. The van der Waals surface area contributed by atoms with Gasteiger partial charge >= 0.3 is 0 Å². The molecule has 0 N–H and O–H groups in total. The van der Waals surface area contributed by atoms with Gasteiger partial charge in [0, 0.05) is 17.8 Å². The highest BCUT2D eigenvalue weighted by atomic mass is 16.5. The molecule has 1 aromatic carbocycles. The molecule has 0 unspecified atom stereocenters. The first-order valence-corrected chi connectivity index (χ1v) is 6.05. The van der Waals surface area contributed by atoms with Crippen LogP contribution in [0, 0.1) is 6.92 Å².